The van der Waals surface area contributed by atoms with Crippen molar-refractivity contribution >= 4 is 23.6 Å². The van der Waals surface area contributed by atoms with E-state index in [0.717, 1.165) is 11.1 Å². The van der Waals surface area contributed by atoms with Crippen LogP contribution in [0.2, 0.25) is 0 Å². The highest BCUT2D eigenvalue weighted by atomic mass is 16.5. The van der Waals surface area contributed by atoms with Gasteiger partial charge in [0.05, 0.1) is 6.61 Å². The fourth-order valence-electron chi connectivity index (χ4n) is 3.09. The van der Waals surface area contributed by atoms with E-state index in [2.05, 4.69) is 11.9 Å². The van der Waals surface area contributed by atoms with Gasteiger partial charge < -0.3 is 19.9 Å². The number of nitrogens with zero attached hydrogens (tertiary/aromatic N) is 1. The molecule has 0 heterocycles. The Morgan fingerprint density at radius 1 is 1.22 bits per heavy atom. The molecule has 0 radical (unpaired) electrons. The second-order valence-corrected chi connectivity index (χ2v) is 7.06. The van der Waals surface area contributed by atoms with E-state index in [4.69, 9.17) is 14.6 Å². The van der Waals surface area contributed by atoms with Gasteiger partial charge in [-0.25, -0.2) is 4.79 Å². The van der Waals surface area contributed by atoms with Crippen molar-refractivity contribution in [1.29, 1.82) is 5.26 Å². The Morgan fingerprint density at radius 3 is 2.56 bits per heavy atom. The molecule has 2 N–H and O–H groups in total. The number of nitrogens with one attached hydrogen (secondary N) is 1. The molecule has 0 aliphatic carbocycles. The van der Waals surface area contributed by atoms with Crippen molar-refractivity contribution in [3.05, 3.63) is 70.8 Å². The Morgan fingerprint density at radius 2 is 1.97 bits per heavy atom. The lowest BCUT2D eigenvalue weighted by Crippen LogP contribution is -2.14. The normalized spacial score (nSPS) is 10.8. The van der Waals surface area contributed by atoms with Crippen molar-refractivity contribution in [1.82, 2.24) is 0 Å². The Bertz CT molecular complexity index is 1100. The summed E-state index contributed by atoms with van der Waals surface area (Å²) in [6.07, 6.45) is 3.48. The number of allylic oxidation sites excluding steroid dienone is 1. The maximum atomic E-state index is 12.7. The van der Waals surface area contributed by atoms with Crippen LogP contribution in [0.15, 0.2) is 48.6 Å². The van der Waals surface area contributed by atoms with Crippen molar-refractivity contribution in [2.24, 2.45) is 0 Å². The lowest BCUT2D eigenvalue weighted by Gasteiger charge is -2.16. The second kappa shape index (κ2) is 11.4. The van der Waals surface area contributed by atoms with E-state index in [1.54, 1.807) is 31.2 Å². The van der Waals surface area contributed by atoms with Gasteiger partial charge in [0, 0.05) is 11.3 Å². The predicted molar refractivity (Wildman–Crippen MR) is 123 cm³/mol. The highest BCUT2D eigenvalue weighted by Crippen LogP contribution is 2.35. The Labute approximate surface area is 187 Å². The van der Waals surface area contributed by atoms with E-state index in [-0.39, 0.29) is 5.57 Å². The highest BCUT2D eigenvalue weighted by Gasteiger charge is 2.16. The number of carbonyl (C=O) groups excluding carboxylic acids is 1. The van der Waals surface area contributed by atoms with Gasteiger partial charge in [-0.3, -0.25) is 4.79 Å². The van der Waals surface area contributed by atoms with Gasteiger partial charge in [-0.1, -0.05) is 23.8 Å². The third kappa shape index (κ3) is 6.47. The molecule has 0 saturated heterocycles. The number of nitriles is 1. The van der Waals surface area contributed by atoms with Crippen molar-refractivity contribution in [2.75, 3.05) is 18.5 Å². The zero-order valence-electron chi connectivity index (χ0n) is 18.4. The summed E-state index contributed by atoms with van der Waals surface area (Å²) in [6, 6.07) is 10.9. The number of hydrogen-bond acceptors (Lipinski definition) is 5. The maximum Gasteiger partial charge on any atom is 0.341 e. The SMILES string of the molecule is C=CCc1cc(/C=C(\C#N)C(=O)Nc2ccc(C)cc2C)cc(OCC)c1OCC(=O)O. The molecular formula is C25H26N2O5. The number of amides is 1. The number of aryl methyl sites for hydroxylation is 2. The zero-order chi connectivity index (χ0) is 23.7. The zero-order valence-corrected chi connectivity index (χ0v) is 18.4. The van der Waals surface area contributed by atoms with Crippen LogP contribution in [0.4, 0.5) is 5.69 Å². The summed E-state index contributed by atoms with van der Waals surface area (Å²) >= 11 is 0. The highest BCUT2D eigenvalue weighted by molar-refractivity contribution is 6.10. The lowest BCUT2D eigenvalue weighted by atomic mass is 10.0. The minimum atomic E-state index is -1.11. The minimum Gasteiger partial charge on any atom is -0.490 e. The molecule has 0 bridgehead atoms. The molecule has 32 heavy (non-hydrogen) atoms. The van der Waals surface area contributed by atoms with Crippen molar-refractivity contribution in [2.45, 2.75) is 27.2 Å². The summed E-state index contributed by atoms with van der Waals surface area (Å²) in [6.45, 7) is 9.14. The van der Waals surface area contributed by atoms with Crippen LogP contribution >= 0.6 is 0 Å². The largest absolute Gasteiger partial charge is 0.490 e. The average molecular weight is 434 g/mol. The third-order valence-electron chi connectivity index (χ3n) is 4.46. The van der Waals surface area contributed by atoms with Crippen LogP contribution in [-0.4, -0.2) is 30.2 Å². The Hall–Kier alpha value is -4.05. The molecule has 0 atom stereocenters. The first kappa shape index (κ1) is 24.2. The Kier molecular flexibility index (Phi) is 8.61. The number of ether oxygens (including phenoxy) is 2. The van der Waals surface area contributed by atoms with Crippen LogP contribution in [-0.2, 0) is 16.0 Å². The van der Waals surface area contributed by atoms with Crippen LogP contribution < -0.4 is 14.8 Å². The van der Waals surface area contributed by atoms with E-state index < -0.39 is 18.5 Å². The molecule has 0 unspecified atom stereocenters. The lowest BCUT2D eigenvalue weighted by molar-refractivity contribution is -0.139. The smallest absolute Gasteiger partial charge is 0.341 e. The fourth-order valence-corrected chi connectivity index (χ4v) is 3.09. The number of carboxylic acid groups (broad SMARTS) is 1. The van der Waals surface area contributed by atoms with E-state index in [0.29, 0.717) is 41.3 Å². The molecule has 0 spiro atoms. The number of carboxylic acids is 1. The van der Waals surface area contributed by atoms with E-state index in [1.807, 2.05) is 32.0 Å². The van der Waals surface area contributed by atoms with Crippen LogP contribution in [0, 0.1) is 25.2 Å². The van der Waals surface area contributed by atoms with Gasteiger partial charge in [0.25, 0.3) is 5.91 Å². The van der Waals surface area contributed by atoms with Gasteiger partial charge in [0.1, 0.15) is 11.6 Å². The van der Waals surface area contributed by atoms with Gasteiger partial charge in [0.2, 0.25) is 0 Å². The van der Waals surface area contributed by atoms with Crippen LogP contribution in [0.5, 0.6) is 11.5 Å². The van der Waals surface area contributed by atoms with Crippen molar-refractivity contribution < 1.29 is 24.2 Å². The van der Waals surface area contributed by atoms with Gasteiger partial charge in [-0.2, -0.15) is 5.26 Å². The van der Waals surface area contributed by atoms with Crippen LogP contribution in [0.3, 0.4) is 0 Å². The number of anilines is 1. The molecule has 0 aliphatic heterocycles. The number of benzene rings is 2. The van der Waals surface area contributed by atoms with Crippen LogP contribution in [0.1, 0.15) is 29.2 Å². The van der Waals surface area contributed by atoms with E-state index in [9.17, 15) is 14.9 Å². The summed E-state index contributed by atoms with van der Waals surface area (Å²) < 4.78 is 11.1. The second-order valence-electron chi connectivity index (χ2n) is 7.06. The fraction of sp³-hybridized carbons (Fsp3) is 0.240. The monoisotopic (exact) mass is 434 g/mol. The molecule has 7 nitrogen and oxygen atoms in total. The summed E-state index contributed by atoms with van der Waals surface area (Å²) in [5.41, 5.74) is 3.67. The number of hydrogen-bond donors (Lipinski definition) is 2. The number of aliphatic carboxylic acids is 1. The quantitative estimate of drug-likeness (QED) is 0.325. The van der Waals surface area contributed by atoms with Gasteiger partial charge in [-0.05, 0) is 62.6 Å². The summed E-state index contributed by atoms with van der Waals surface area (Å²) in [5.74, 6) is -1.03. The molecule has 2 aromatic rings. The predicted octanol–water partition coefficient (Wildman–Crippen LogP) is 4.44. The minimum absolute atomic E-state index is 0.0869. The molecule has 0 aliphatic rings. The summed E-state index contributed by atoms with van der Waals surface area (Å²) in [5, 5.41) is 21.3. The molecule has 2 aromatic carbocycles. The standard InChI is InChI=1S/C25H26N2O5/c1-5-7-19-11-18(13-22(31-6-2)24(19)32-15-23(28)29)12-20(14-26)25(30)27-21-9-8-16(3)10-17(21)4/h5,8-13H,1,6-7,15H2,2-4H3,(H,27,30)(H,28,29)/b20-12+. The van der Waals surface area contributed by atoms with Gasteiger partial charge in [0.15, 0.2) is 18.1 Å². The third-order valence-corrected chi connectivity index (χ3v) is 4.46. The number of carbonyl (C=O) groups is 2. The van der Waals surface area contributed by atoms with Crippen molar-refractivity contribution in [3.8, 4) is 17.6 Å². The first-order valence-corrected chi connectivity index (χ1v) is 10.0. The topological polar surface area (TPSA) is 109 Å². The molecule has 0 fully saturated rings. The molecular weight excluding hydrogens is 408 g/mol. The molecule has 166 valence electrons. The van der Waals surface area contributed by atoms with Gasteiger partial charge >= 0.3 is 5.97 Å². The van der Waals surface area contributed by atoms with Crippen LogP contribution in [0.25, 0.3) is 6.08 Å². The van der Waals surface area contributed by atoms with E-state index >= 15 is 0 Å². The number of rotatable bonds is 10. The first-order chi connectivity index (χ1) is 15.3. The maximum absolute atomic E-state index is 12.7. The molecule has 7 heteroatoms. The Balaban J connectivity index is 2.44. The van der Waals surface area contributed by atoms with E-state index in [1.165, 1.54) is 6.08 Å². The summed E-state index contributed by atoms with van der Waals surface area (Å²) in [4.78, 5) is 23.7. The van der Waals surface area contributed by atoms with Crippen molar-refractivity contribution in [3.63, 3.8) is 0 Å². The molecule has 1 amide bonds. The molecule has 0 saturated carbocycles. The molecule has 0 aromatic heterocycles. The average Bonchev–Trinajstić information content (AvgIpc) is 2.73. The first-order valence-electron chi connectivity index (χ1n) is 10.0. The molecule has 2 rings (SSSR count). The summed E-state index contributed by atoms with van der Waals surface area (Å²) in [7, 11) is 0. The van der Waals surface area contributed by atoms with Gasteiger partial charge in [-0.15, -0.1) is 6.58 Å².